The van der Waals surface area contributed by atoms with Gasteiger partial charge in [0.2, 0.25) is 5.91 Å². The van der Waals surface area contributed by atoms with Gasteiger partial charge in [0.05, 0.1) is 17.8 Å². The van der Waals surface area contributed by atoms with Crippen molar-refractivity contribution >= 4 is 5.91 Å². The molecule has 0 radical (unpaired) electrons. The topological polar surface area (TPSA) is 70.2 Å². The quantitative estimate of drug-likeness (QED) is 0.887. The lowest BCUT2D eigenvalue weighted by Gasteiger charge is -2.28. The number of rotatable bonds is 4. The van der Waals surface area contributed by atoms with Crippen LogP contribution in [0, 0.1) is 0 Å². The minimum Gasteiger partial charge on any atom is -0.370 e. The Morgan fingerprint density at radius 2 is 2.18 bits per heavy atom. The minimum absolute atomic E-state index is 0.0300. The third-order valence-corrected chi connectivity index (χ3v) is 4.82. The van der Waals surface area contributed by atoms with Gasteiger partial charge in [-0.25, -0.2) is 0 Å². The Morgan fingerprint density at radius 3 is 2.86 bits per heavy atom. The minimum atomic E-state index is -0.109. The third kappa shape index (κ3) is 3.50. The maximum atomic E-state index is 12.6. The molecule has 1 aromatic heterocycles. The zero-order chi connectivity index (χ0) is 15.4. The average molecular weight is 306 g/mol. The molecule has 0 spiro atoms. The molecule has 3 atom stereocenters. The standard InChI is InChI=1S/C16H26N4O2/c1-12(20-9-4-2-3-5-10-20)16(21)18-13-7-11-22-15(13)14-6-8-17-19-14/h6,8,12-13,15H,2-5,7,9-11H2,1H3,(H,17,19)(H,18,21)/t12?,13-,15-/m1/s1. The molecule has 2 N–H and O–H groups in total. The Bertz CT molecular complexity index is 469. The van der Waals surface area contributed by atoms with Crippen molar-refractivity contribution in [2.24, 2.45) is 0 Å². The summed E-state index contributed by atoms with van der Waals surface area (Å²) in [7, 11) is 0. The number of nitrogens with one attached hydrogen (secondary N) is 2. The van der Waals surface area contributed by atoms with Crippen LogP contribution in [0.1, 0.15) is 50.8 Å². The second kappa shape index (κ2) is 7.24. The number of nitrogens with zero attached hydrogens (tertiary/aromatic N) is 2. The van der Waals surface area contributed by atoms with Crippen LogP contribution < -0.4 is 5.32 Å². The normalized spacial score (nSPS) is 28.2. The van der Waals surface area contributed by atoms with Crippen molar-refractivity contribution in [1.29, 1.82) is 0 Å². The van der Waals surface area contributed by atoms with Crippen molar-refractivity contribution < 1.29 is 9.53 Å². The number of H-pyrrole nitrogens is 1. The van der Waals surface area contributed by atoms with Crippen LogP contribution in [0.3, 0.4) is 0 Å². The van der Waals surface area contributed by atoms with Crippen molar-refractivity contribution in [3.63, 3.8) is 0 Å². The van der Waals surface area contributed by atoms with E-state index in [1.165, 1.54) is 25.7 Å². The van der Waals surface area contributed by atoms with E-state index in [-0.39, 0.29) is 24.1 Å². The molecule has 2 aliphatic rings. The maximum Gasteiger partial charge on any atom is 0.237 e. The van der Waals surface area contributed by atoms with Crippen molar-refractivity contribution in [3.8, 4) is 0 Å². The van der Waals surface area contributed by atoms with Crippen LogP contribution in [-0.2, 0) is 9.53 Å². The van der Waals surface area contributed by atoms with E-state index in [4.69, 9.17) is 4.74 Å². The second-order valence-electron chi connectivity index (χ2n) is 6.33. The van der Waals surface area contributed by atoms with E-state index in [0.717, 1.165) is 25.2 Å². The second-order valence-corrected chi connectivity index (χ2v) is 6.33. The number of aromatic nitrogens is 2. The van der Waals surface area contributed by atoms with Gasteiger partial charge in [0.15, 0.2) is 0 Å². The Kier molecular flexibility index (Phi) is 5.10. The molecule has 6 nitrogen and oxygen atoms in total. The molecular weight excluding hydrogens is 280 g/mol. The highest BCUT2D eigenvalue weighted by Crippen LogP contribution is 2.27. The summed E-state index contributed by atoms with van der Waals surface area (Å²) in [6.45, 7) is 4.74. The summed E-state index contributed by atoms with van der Waals surface area (Å²) < 4.78 is 5.76. The summed E-state index contributed by atoms with van der Waals surface area (Å²) in [4.78, 5) is 14.9. The number of amides is 1. The molecule has 1 amide bonds. The van der Waals surface area contributed by atoms with Gasteiger partial charge in [0, 0.05) is 12.8 Å². The molecule has 2 fully saturated rings. The Hall–Kier alpha value is -1.40. The molecule has 2 saturated heterocycles. The fourth-order valence-electron chi connectivity index (χ4n) is 3.42. The van der Waals surface area contributed by atoms with Gasteiger partial charge >= 0.3 is 0 Å². The van der Waals surface area contributed by atoms with Gasteiger partial charge in [-0.15, -0.1) is 0 Å². The molecule has 3 rings (SSSR count). The van der Waals surface area contributed by atoms with Crippen LogP contribution in [0.2, 0.25) is 0 Å². The molecule has 0 aliphatic carbocycles. The molecule has 0 saturated carbocycles. The summed E-state index contributed by atoms with van der Waals surface area (Å²) in [5, 5.41) is 10.1. The lowest BCUT2D eigenvalue weighted by Crippen LogP contribution is -2.49. The molecule has 0 aromatic carbocycles. The van der Waals surface area contributed by atoms with Crippen LogP contribution in [0.5, 0.6) is 0 Å². The third-order valence-electron chi connectivity index (χ3n) is 4.82. The van der Waals surface area contributed by atoms with Crippen LogP contribution in [-0.4, -0.2) is 52.8 Å². The molecule has 0 bridgehead atoms. The Balaban J connectivity index is 1.58. The van der Waals surface area contributed by atoms with E-state index in [1.807, 2.05) is 13.0 Å². The summed E-state index contributed by atoms with van der Waals surface area (Å²) in [6, 6.07) is 1.87. The highest BCUT2D eigenvalue weighted by Gasteiger charge is 2.33. The monoisotopic (exact) mass is 306 g/mol. The molecule has 1 unspecified atom stereocenters. The molecule has 22 heavy (non-hydrogen) atoms. The summed E-state index contributed by atoms with van der Waals surface area (Å²) in [5.41, 5.74) is 0.935. The number of aromatic amines is 1. The zero-order valence-electron chi connectivity index (χ0n) is 13.3. The molecule has 6 heteroatoms. The first kappa shape index (κ1) is 15.5. The Labute approximate surface area is 131 Å². The number of likely N-dealkylation sites (tertiary alicyclic amines) is 1. The van der Waals surface area contributed by atoms with E-state index in [1.54, 1.807) is 6.20 Å². The van der Waals surface area contributed by atoms with Crippen molar-refractivity contribution in [1.82, 2.24) is 20.4 Å². The predicted molar refractivity (Wildman–Crippen MR) is 83.3 cm³/mol. The summed E-state index contributed by atoms with van der Waals surface area (Å²) in [5.74, 6) is 0.113. The number of hydrogen-bond donors (Lipinski definition) is 2. The molecular formula is C16H26N4O2. The van der Waals surface area contributed by atoms with Gasteiger partial charge in [0.1, 0.15) is 6.10 Å². The van der Waals surface area contributed by atoms with E-state index < -0.39 is 0 Å². The number of carbonyl (C=O) groups is 1. The fraction of sp³-hybridized carbons (Fsp3) is 0.750. The highest BCUT2D eigenvalue weighted by molar-refractivity contribution is 5.81. The van der Waals surface area contributed by atoms with Gasteiger partial charge in [-0.05, 0) is 45.3 Å². The lowest BCUT2D eigenvalue weighted by atomic mass is 10.1. The number of ether oxygens (including phenoxy) is 1. The van der Waals surface area contributed by atoms with E-state index >= 15 is 0 Å². The molecule has 2 aliphatic heterocycles. The van der Waals surface area contributed by atoms with E-state index in [9.17, 15) is 4.79 Å². The predicted octanol–water partition coefficient (Wildman–Crippen LogP) is 1.62. The Morgan fingerprint density at radius 1 is 1.41 bits per heavy atom. The first-order valence-electron chi connectivity index (χ1n) is 8.41. The maximum absolute atomic E-state index is 12.6. The number of hydrogen-bond acceptors (Lipinski definition) is 4. The van der Waals surface area contributed by atoms with Crippen LogP contribution in [0.4, 0.5) is 0 Å². The van der Waals surface area contributed by atoms with Crippen LogP contribution in [0.15, 0.2) is 12.3 Å². The van der Waals surface area contributed by atoms with Crippen molar-refractivity contribution in [3.05, 3.63) is 18.0 Å². The van der Waals surface area contributed by atoms with E-state index in [0.29, 0.717) is 6.61 Å². The van der Waals surface area contributed by atoms with Gasteiger partial charge in [-0.1, -0.05) is 12.8 Å². The molecule has 3 heterocycles. The highest BCUT2D eigenvalue weighted by atomic mass is 16.5. The first-order chi connectivity index (χ1) is 10.8. The molecule has 122 valence electrons. The SMILES string of the molecule is CC(C(=O)N[C@@H]1CCO[C@H]1c1ccn[nH]1)N1CCCCCC1. The zero-order valence-corrected chi connectivity index (χ0v) is 13.3. The number of carbonyl (C=O) groups excluding carboxylic acids is 1. The van der Waals surface area contributed by atoms with Gasteiger partial charge in [-0.2, -0.15) is 5.10 Å². The fourth-order valence-corrected chi connectivity index (χ4v) is 3.42. The van der Waals surface area contributed by atoms with Crippen molar-refractivity contribution in [2.45, 2.75) is 57.2 Å². The summed E-state index contributed by atoms with van der Waals surface area (Å²) in [6.07, 6.45) is 7.41. The van der Waals surface area contributed by atoms with Gasteiger partial charge in [0.25, 0.3) is 0 Å². The largest absolute Gasteiger partial charge is 0.370 e. The van der Waals surface area contributed by atoms with Crippen LogP contribution >= 0.6 is 0 Å². The first-order valence-corrected chi connectivity index (χ1v) is 8.41. The average Bonchev–Trinajstić information content (AvgIpc) is 3.12. The lowest BCUT2D eigenvalue weighted by molar-refractivity contribution is -0.127. The summed E-state index contributed by atoms with van der Waals surface area (Å²) >= 11 is 0. The molecule has 1 aromatic rings. The van der Waals surface area contributed by atoms with Crippen LogP contribution in [0.25, 0.3) is 0 Å². The van der Waals surface area contributed by atoms with Crippen molar-refractivity contribution in [2.75, 3.05) is 19.7 Å². The van der Waals surface area contributed by atoms with E-state index in [2.05, 4.69) is 20.4 Å². The van der Waals surface area contributed by atoms with Gasteiger partial charge in [-0.3, -0.25) is 14.8 Å². The smallest absolute Gasteiger partial charge is 0.237 e. The van der Waals surface area contributed by atoms with Gasteiger partial charge < -0.3 is 10.1 Å².